The maximum Gasteiger partial charge on any atom is 0.0821 e. The molecule has 0 amide bonds. The Balaban J connectivity index is 2.66. The maximum atomic E-state index is 9.22. The normalized spacial score (nSPS) is 29.9. The predicted octanol–water partition coefficient (Wildman–Crippen LogP) is -2.29. The maximum absolute atomic E-state index is 9.22. The third kappa shape index (κ3) is 2.60. The van der Waals surface area contributed by atoms with Gasteiger partial charge in [0.05, 0.1) is 37.5 Å². The van der Waals surface area contributed by atoms with Crippen LogP contribution in [0.1, 0.15) is 12.8 Å². The minimum Gasteiger partial charge on any atom is -0.393 e. The molecule has 0 atom stereocenters. The molecule has 1 aliphatic rings. The Labute approximate surface area is 72.1 Å². The van der Waals surface area contributed by atoms with Crippen LogP contribution in [0.25, 0.3) is 0 Å². The summed E-state index contributed by atoms with van der Waals surface area (Å²) in [5.41, 5.74) is 0. The summed E-state index contributed by atoms with van der Waals surface area (Å²) < 4.78 is 0. The number of nitrogens with one attached hydrogen (secondary N) is 1. The van der Waals surface area contributed by atoms with Crippen LogP contribution in [0.4, 0.5) is 0 Å². The molecule has 0 saturated carbocycles. The van der Waals surface area contributed by atoms with E-state index in [0.29, 0.717) is 0 Å². The molecule has 0 unspecified atom stereocenters. The minimum atomic E-state index is -1.17. The van der Waals surface area contributed by atoms with E-state index in [2.05, 4.69) is 5.32 Å². The van der Waals surface area contributed by atoms with Crippen LogP contribution >= 0.6 is 0 Å². The summed E-state index contributed by atoms with van der Waals surface area (Å²) in [5.74, 6) is 0. The zero-order chi connectivity index (χ0) is 8.70. The summed E-state index contributed by atoms with van der Waals surface area (Å²) >= 11 is 0. The summed E-state index contributed by atoms with van der Waals surface area (Å²) in [6.45, 7) is 0. The Bertz CT molecular complexity index is 145. The van der Waals surface area contributed by atoms with Gasteiger partial charge in [-0.2, -0.15) is 0 Å². The highest BCUT2D eigenvalue weighted by Crippen LogP contribution is 2.21. The average Bonchev–Trinajstić information content (AvgIpc) is 1.49. The molecule has 0 aromatic heterocycles. The first kappa shape index (κ1) is 9.27. The van der Waals surface area contributed by atoms with Gasteiger partial charge in [0.25, 0.3) is 0 Å². The van der Waals surface area contributed by atoms with E-state index >= 15 is 0 Å². The van der Waals surface area contributed by atoms with E-state index in [9.17, 15) is 5.11 Å². The average molecular weight is 140 g/mol. The first-order chi connectivity index (χ1) is 4.81. The smallest absolute Gasteiger partial charge is 0.0821 e. The Hall–Kier alpha value is 0.180. The van der Waals surface area contributed by atoms with Crippen molar-refractivity contribution in [3.8, 4) is 0 Å². The largest absolute Gasteiger partial charge is 0.393 e. The highest BCUT2D eigenvalue weighted by Gasteiger charge is 2.34. The Kier molecular flexibility index (Phi) is 2.19. The third-order valence-corrected chi connectivity index (χ3v) is 1.61. The van der Waals surface area contributed by atoms with Crippen molar-refractivity contribution in [1.82, 2.24) is 5.32 Å². The van der Waals surface area contributed by atoms with Gasteiger partial charge in [-0.15, -0.1) is 0 Å². The molecule has 2 N–H and O–H groups in total. The van der Waals surface area contributed by atoms with Gasteiger partial charge >= 0.3 is 0 Å². The highest BCUT2D eigenvalue weighted by molar-refractivity contribution is 6.44. The Morgan fingerprint density at radius 1 is 1.09 bits per heavy atom. The van der Waals surface area contributed by atoms with E-state index in [1.807, 2.05) is 0 Å². The van der Waals surface area contributed by atoms with E-state index in [1.54, 1.807) is 0 Å². The van der Waals surface area contributed by atoms with Crippen molar-refractivity contribution in [3.05, 3.63) is 0 Å². The van der Waals surface area contributed by atoms with Gasteiger partial charge in [0.15, 0.2) is 0 Å². The second-order valence-corrected chi connectivity index (χ2v) is 3.27. The van der Waals surface area contributed by atoms with Crippen LogP contribution in [-0.2, 0) is 0 Å². The lowest BCUT2D eigenvalue weighted by Gasteiger charge is -2.46. The molecule has 1 fully saturated rings. The van der Waals surface area contributed by atoms with Gasteiger partial charge in [-0.05, 0) is 12.8 Å². The van der Waals surface area contributed by atoms with Crippen LogP contribution in [-0.4, -0.2) is 53.3 Å². The fraction of sp³-hybridized carbons (Fsp3) is 1.00. The lowest BCUT2D eigenvalue weighted by Crippen LogP contribution is -2.66. The molecule has 0 spiro atoms. The van der Waals surface area contributed by atoms with Crippen molar-refractivity contribution in [2.45, 2.75) is 29.6 Å². The summed E-state index contributed by atoms with van der Waals surface area (Å²) in [6, 6.07) is 0. The Morgan fingerprint density at radius 3 is 1.73 bits per heavy atom. The van der Waals surface area contributed by atoms with Crippen LogP contribution in [0.2, 0.25) is 0 Å². The predicted molar refractivity (Wildman–Crippen MR) is 46.9 cm³/mol. The van der Waals surface area contributed by atoms with Crippen molar-refractivity contribution in [3.63, 3.8) is 0 Å². The Morgan fingerprint density at radius 2 is 1.45 bits per heavy atom. The molecule has 50 valence electrons. The molecule has 1 aliphatic heterocycles. The number of aliphatic hydroxyl groups excluding tert-OH is 1. The number of hydrogen-bond acceptors (Lipinski definition) is 2. The standard InChI is InChI=1S/C5H7B4NO/c6-4(7)1-3(11)2-5(8,9)10-4/h3,10-11H,1-2H2. The highest BCUT2D eigenvalue weighted by atomic mass is 16.3. The second kappa shape index (κ2) is 2.60. The SMILES string of the molecule is [B]C1([B])CC(O)CC([B])([B])N1. The minimum absolute atomic E-state index is 0.253. The molecule has 8 radical (unpaired) electrons. The monoisotopic (exact) mass is 141 g/mol. The number of aliphatic hydroxyl groups is 1. The zero-order valence-electron chi connectivity index (χ0n) is 6.25. The summed E-state index contributed by atoms with van der Waals surface area (Å²) in [6.07, 6.45) is -0.131. The van der Waals surface area contributed by atoms with Crippen LogP contribution in [0.5, 0.6) is 0 Å². The van der Waals surface area contributed by atoms with E-state index in [-0.39, 0.29) is 12.8 Å². The van der Waals surface area contributed by atoms with Crippen molar-refractivity contribution >= 4 is 31.4 Å². The van der Waals surface area contributed by atoms with Gasteiger partial charge in [-0.1, -0.05) is 10.7 Å². The third-order valence-electron chi connectivity index (χ3n) is 1.61. The van der Waals surface area contributed by atoms with Gasteiger partial charge in [0.2, 0.25) is 0 Å². The van der Waals surface area contributed by atoms with E-state index in [1.165, 1.54) is 0 Å². The summed E-state index contributed by atoms with van der Waals surface area (Å²) in [5, 5.41) is 9.50. The zero-order valence-corrected chi connectivity index (χ0v) is 6.25. The van der Waals surface area contributed by atoms with Crippen molar-refractivity contribution < 1.29 is 5.11 Å². The van der Waals surface area contributed by atoms with Crippen molar-refractivity contribution in [2.75, 3.05) is 0 Å². The molecule has 0 aromatic carbocycles. The van der Waals surface area contributed by atoms with E-state index in [0.717, 1.165) is 0 Å². The van der Waals surface area contributed by atoms with Gasteiger partial charge < -0.3 is 10.4 Å². The number of hydrogen-bond donors (Lipinski definition) is 2. The van der Waals surface area contributed by atoms with Gasteiger partial charge in [-0.25, -0.2) is 0 Å². The topological polar surface area (TPSA) is 32.3 Å². The molecule has 11 heavy (non-hydrogen) atoms. The fourth-order valence-electron chi connectivity index (χ4n) is 1.39. The first-order valence-corrected chi connectivity index (χ1v) is 3.44. The number of piperidine rings is 1. The molecule has 1 heterocycles. The van der Waals surface area contributed by atoms with Crippen molar-refractivity contribution in [1.29, 1.82) is 0 Å². The molecular formula is C5H7B4NO. The van der Waals surface area contributed by atoms with Gasteiger partial charge in [0, 0.05) is 0 Å². The molecule has 0 bridgehead atoms. The molecule has 2 nitrogen and oxygen atoms in total. The first-order valence-electron chi connectivity index (χ1n) is 3.44. The molecule has 0 aromatic rings. The summed E-state index contributed by atoms with van der Waals surface area (Å²) in [4.78, 5) is 0. The van der Waals surface area contributed by atoms with Crippen LogP contribution in [0.15, 0.2) is 0 Å². The number of rotatable bonds is 0. The fourth-order valence-corrected chi connectivity index (χ4v) is 1.39. The quantitative estimate of drug-likeness (QED) is 0.371. The summed E-state index contributed by atoms with van der Waals surface area (Å²) in [7, 11) is 22.0. The lowest BCUT2D eigenvalue weighted by molar-refractivity contribution is 0.108. The van der Waals surface area contributed by atoms with E-state index < -0.39 is 16.8 Å². The molecule has 1 rings (SSSR count). The van der Waals surface area contributed by atoms with Crippen LogP contribution in [0, 0.1) is 0 Å². The molecule has 0 aliphatic carbocycles. The van der Waals surface area contributed by atoms with E-state index in [4.69, 9.17) is 31.4 Å². The van der Waals surface area contributed by atoms with Gasteiger partial charge in [0.1, 0.15) is 0 Å². The van der Waals surface area contributed by atoms with Gasteiger partial charge in [-0.3, -0.25) is 0 Å². The second-order valence-electron chi connectivity index (χ2n) is 3.27. The molecule has 6 heteroatoms. The molecule has 1 saturated heterocycles. The van der Waals surface area contributed by atoms with Crippen LogP contribution < -0.4 is 5.32 Å². The lowest BCUT2D eigenvalue weighted by atomic mass is 9.48. The molecular weight excluding hydrogens is 133 g/mol. The van der Waals surface area contributed by atoms with Crippen molar-refractivity contribution in [2.24, 2.45) is 0 Å². The van der Waals surface area contributed by atoms with Crippen LogP contribution in [0.3, 0.4) is 0 Å².